The zero-order valence-electron chi connectivity index (χ0n) is 9.93. The molecule has 1 aromatic carbocycles. The van der Waals surface area contributed by atoms with E-state index in [2.05, 4.69) is 0 Å². The largest absolute Gasteiger partial charge is 0.330 e. The van der Waals surface area contributed by atoms with Crippen LogP contribution in [0.25, 0.3) is 0 Å². The van der Waals surface area contributed by atoms with E-state index < -0.39 is 9.84 Å². The first-order chi connectivity index (χ1) is 8.08. The zero-order chi connectivity index (χ0) is 12.4. The molecule has 0 amide bonds. The molecule has 0 spiro atoms. The molecular formula is C13H19NO2S. The number of sulfone groups is 1. The van der Waals surface area contributed by atoms with Crippen LogP contribution in [0.3, 0.4) is 0 Å². The van der Waals surface area contributed by atoms with Gasteiger partial charge in [-0.25, -0.2) is 8.42 Å². The number of nitrogens with two attached hydrogens (primary N) is 1. The summed E-state index contributed by atoms with van der Waals surface area (Å²) in [6.07, 6.45) is 2.42. The molecule has 0 aliphatic carbocycles. The van der Waals surface area contributed by atoms with Gasteiger partial charge in [0.1, 0.15) is 0 Å². The second-order valence-electron chi connectivity index (χ2n) is 4.88. The first kappa shape index (κ1) is 12.6. The molecule has 1 saturated heterocycles. The van der Waals surface area contributed by atoms with Crippen molar-refractivity contribution in [3.05, 3.63) is 35.9 Å². The van der Waals surface area contributed by atoms with Crippen LogP contribution in [0.2, 0.25) is 0 Å². The number of rotatable bonds is 3. The van der Waals surface area contributed by atoms with E-state index in [1.165, 1.54) is 0 Å². The van der Waals surface area contributed by atoms with Crippen LogP contribution in [-0.2, 0) is 15.3 Å². The highest BCUT2D eigenvalue weighted by Gasteiger charge is 2.39. The van der Waals surface area contributed by atoms with Gasteiger partial charge in [0.2, 0.25) is 0 Å². The van der Waals surface area contributed by atoms with Crippen LogP contribution in [0.4, 0.5) is 0 Å². The highest BCUT2D eigenvalue weighted by atomic mass is 32.2. The van der Waals surface area contributed by atoms with E-state index in [1.54, 1.807) is 0 Å². The van der Waals surface area contributed by atoms with Gasteiger partial charge in [-0.3, -0.25) is 0 Å². The van der Waals surface area contributed by atoms with E-state index in [4.69, 9.17) is 5.73 Å². The van der Waals surface area contributed by atoms with E-state index in [0.717, 1.165) is 24.8 Å². The van der Waals surface area contributed by atoms with Crippen molar-refractivity contribution in [3.63, 3.8) is 0 Å². The van der Waals surface area contributed by atoms with Crippen molar-refractivity contribution in [1.82, 2.24) is 0 Å². The minimum Gasteiger partial charge on any atom is -0.330 e. The Morgan fingerprint density at radius 1 is 1.24 bits per heavy atom. The van der Waals surface area contributed by atoms with Crippen LogP contribution in [0, 0.1) is 0 Å². The fourth-order valence-electron chi connectivity index (χ4n) is 2.83. The Morgan fingerprint density at radius 2 is 1.94 bits per heavy atom. The van der Waals surface area contributed by atoms with E-state index in [-0.39, 0.29) is 11.2 Å². The van der Waals surface area contributed by atoms with Crippen LogP contribution in [0.1, 0.15) is 24.8 Å². The lowest BCUT2D eigenvalue weighted by molar-refractivity contribution is 0.386. The third-order valence-electron chi connectivity index (χ3n) is 3.62. The van der Waals surface area contributed by atoms with Gasteiger partial charge >= 0.3 is 0 Å². The van der Waals surface area contributed by atoms with Gasteiger partial charge in [0.15, 0.2) is 9.84 Å². The molecule has 1 heterocycles. The maximum absolute atomic E-state index is 11.9. The predicted molar refractivity (Wildman–Crippen MR) is 69.7 cm³/mol. The van der Waals surface area contributed by atoms with E-state index in [0.29, 0.717) is 12.3 Å². The zero-order valence-corrected chi connectivity index (χ0v) is 10.7. The Hall–Kier alpha value is -0.870. The fourth-order valence-corrected chi connectivity index (χ4v) is 4.86. The summed E-state index contributed by atoms with van der Waals surface area (Å²) < 4.78 is 23.7. The van der Waals surface area contributed by atoms with Crippen molar-refractivity contribution in [1.29, 1.82) is 0 Å². The van der Waals surface area contributed by atoms with E-state index in [9.17, 15) is 8.42 Å². The van der Waals surface area contributed by atoms with Crippen LogP contribution in [0.5, 0.6) is 0 Å². The van der Waals surface area contributed by atoms with Crippen LogP contribution >= 0.6 is 0 Å². The van der Waals surface area contributed by atoms with Gasteiger partial charge in [-0.15, -0.1) is 0 Å². The summed E-state index contributed by atoms with van der Waals surface area (Å²) in [7, 11) is -2.92. The molecule has 1 aromatic rings. The Kier molecular flexibility index (Phi) is 3.54. The van der Waals surface area contributed by atoms with Crippen LogP contribution in [-0.4, -0.2) is 26.5 Å². The molecule has 1 aliphatic heterocycles. The van der Waals surface area contributed by atoms with Gasteiger partial charge in [0.25, 0.3) is 0 Å². The fraction of sp³-hybridized carbons (Fsp3) is 0.538. The molecule has 1 fully saturated rings. The summed E-state index contributed by atoms with van der Waals surface area (Å²) in [5, 5.41) is 0. The maximum Gasteiger partial charge on any atom is 0.151 e. The lowest BCUT2D eigenvalue weighted by atomic mass is 9.75. The van der Waals surface area contributed by atoms with Crippen molar-refractivity contribution in [3.8, 4) is 0 Å². The Labute approximate surface area is 103 Å². The molecule has 17 heavy (non-hydrogen) atoms. The Bertz CT molecular complexity index is 465. The average Bonchev–Trinajstić information content (AvgIpc) is 2.29. The summed E-state index contributed by atoms with van der Waals surface area (Å²) >= 11 is 0. The van der Waals surface area contributed by atoms with Crippen molar-refractivity contribution >= 4 is 9.84 Å². The molecule has 2 N–H and O–H groups in total. The van der Waals surface area contributed by atoms with Crippen LogP contribution < -0.4 is 5.73 Å². The van der Waals surface area contributed by atoms with Crippen molar-refractivity contribution < 1.29 is 8.42 Å². The molecule has 0 aromatic heterocycles. The molecule has 4 heteroatoms. The smallest absolute Gasteiger partial charge is 0.151 e. The number of hydrogen-bond acceptors (Lipinski definition) is 3. The molecule has 0 radical (unpaired) electrons. The van der Waals surface area contributed by atoms with Crippen molar-refractivity contribution in [2.24, 2.45) is 5.73 Å². The molecule has 94 valence electrons. The standard InChI is InChI=1S/C13H19NO2S/c14-9-8-13(12-5-2-1-3-6-12)7-4-10-17(15,16)11-13/h1-3,5-6H,4,7-11,14H2. The normalized spacial score (nSPS) is 27.8. The third-order valence-corrected chi connectivity index (χ3v) is 5.52. The molecule has 1 atom stereocenters. The number of hydrogen-bond donors (Lipinski definition) is 1. The molecule has 0 saturated carbocycles. The molecule has 0 bridgehead atoms. The van der Waals surface area contributed by atoms with Gasteiger partial charge in [0.05, 0.1) is 11.5 Å². The van der Waals surface area contributed by atoms with Gasteiger partial charge < -0.3 is 5.73 Å². The monoisotopic (exact) mass is 253 g/mol. The lowest BCUT2D eigenvalue weighted by Crippen LogP contribution is -2.41. The van der Waals surface area contributed by atoms with Gasteiger partial charge in [-0.1, -0.05) is 30.3 Å². The van der Waals surface area contributed by atoms with Gasteiger partial charge in [0, 0.05) is 5.41 Å². The molecule has 1 unspecified atom stereocenters. The third kappa shape index (κ3) is 2.69. The van der Waals surface area contributed by atoms with Gasteiger partial charge in [-0.2, -0.15) is 0 Å². The second kappa shape index (κ2) is 4.78. The van der Waals surface area contributed by atoms with E-state index >= 15 is 0 Å². The summed E-state index contributed by atoms with van der Waals surface area (Å²) in [5.41, 5.74) is 6.54. The molecule has 2 rings (SSSR count). The lowest BCUT2D eigenvalue weighted by Gasteiger charge is -2.37. The Morgan fingerprint density at radius 3 is 2.53 bits per heavy atom. The first-order valence-electron chi connectivity index (χ1n) is 6.04. The summed E-state index contributed by atoms with van der Waals surface area (Å²) in [4.78, 5) is 0. The first-order valence-corrected chi connectivity index (χ1v) is 7.86. The van der Waals surface area contributed by atoms with Gasteiger partial charge in [-0.05, 0) is 31.4 Å². The topological polar surface area (TPSA) is 60.2 Å². The molecular weight excluding hydrogens is 234 g/mol. The molecule has 3 nitrogen and oxygen atoms in total. The summed E-state index contributed by atoms with van der Waals surface area (Å²) in [6, 6.07) is 9.94. The van der Waals surface area contributed by atoms with E-state index in [1.807, 2.05) is 30.3 Å². The molecule has 1 aliphatic rings. The maximum atomic E-state index is 11.9. The summed E-state index contributed by atoms with van der Waals surface area (Å²) in [5.74, 6) is 0.577. The summed E-state index contributed by atoms with van der Waals surface area (Å²) in [6.45, 7) is 0.532. The average molecular weight is 253 g/mol. The van der Waals surface area contributed by atoms with Crippen LogP contribution in [0.15, 0.2) is 30.3 Å². The highest BCUT2D eigenvalue weighted by Crippen LogP contribution is 2.37. The number of benzene rings is 1. The minimum atomic E-state index is -2.92. The highest BCUT2D eigenvalue weighted by molar-refractivity contribution is 7.91. The van der Waals surface area contributed by atoms with Crippen molar-refractivity contribution in [2.75, 3.05) is 18.1 Å². The SMILES string of the molecule is NCCC1(c2ccccc2)CCCS(=O)(=O)C1. The predicted octanol–water partition coefficient (Wildman–Crippen LogP) is 1.48. The minimum absolute atomic E-state index is 0.251. The quantitative estimate of drug-likeness (QED) is 0.887. The second-order valence-corrected chi connectivity index (χ2v) is 7.06. The van der Waals surface area contributed by atoms with Crippen molar-refractivity contribution in [2.45, 2.75) is 24.7 Å². The Balaban J connectivity index is 2.39.